The molecule has 0 aliphatic heterocycles. The van der Waals surface area contributed by atoms with E-state index in [1.165, 1.54) is 16.5 Å². The van der Waals surface area contributed by atoms with Crippen molar-refractivity contribution < 1.29 is 0 Å². The standard InChI is InChI=1S/C19H17N3S/c1-13-7-8-15-16(11-20-17(15)9-13)18-12-23-19(22-18)21-10-14-5-3-2-4-6-14/h2-9,11-12,20H,10H2,1H3,(H,21,22). The molecule has 0 fully saturated rings. The second-order valence-electron chi connectivity index (χ2n) is 5.63. The molecule has 4 rings (SSSR count). The third kappa shape index (κ3) is 2.85. The molecule has 0 unspecified atom stereocenters. The van der Waals surface area contributed by atoms with Crippen LogP contribution >= 0.6 is 11.3 Å². The van der Waals surface area contributed by atoms with Crippen LogP contribution in [0.1, 0.15) is 11.1 Å². The number of thiazole rings is 1. The van der Waals surface area contributed by atoms with Gasteiger partial charge in [-0.1, -0.05) is 42.5 Å². The molecule has 2 N–H and O–H groups in total. The van der Waals surface area contributed by atoms with Gasteiger partial charge >= 0.3 is 0 Å². The zero-order chi connectivity index (χ0) is 15.6. The predicted molar refractivity (Wildman–Crippen MR) is 97.9 cm³/mol. The van der Waals surface area contributed by atoms with Crippen molar-refractivity contribution in [1.82, 2.24) is 9.97 Å². The van der Waals surface area contributed by atoms with Gasteiger partial charge in [0.2, 0.25) is 0 Å². The summed E-state index contributed by atoms with van der Waals surface area (Å²) in [6.07, 6.45) is 2.04. The highest BCUT2D eigenvalue weighted by Crippen LogP contribution is 2.31. The third-order valence-corrected chi connectivity index (χ3v) is 4.70. The lowest BCUT2D eigenvalue weighted by Gasteiger charge is -2.02. The van der Waals surface area contributed by atoms with E-state index in [-0.39, 0.29) is 0 Å². The minimum atomic E-state index is 0.793. The van der Waals surface area contributed by atoms with Crippen molar-refractivity contribution >= 4 is 27.4 Å². The van der Waals surface area contributed by atoms with Crippen LogP contribution in [0, 0.1) is 6.92 Å². The molecule has 0 saturated heterocycles. The Morgan fingerprint density at radius 2 is 2.00 bits per heavy atom. The van der Waals surface area contributed by atoms with Crippen molar-refractivity contribution in [3.05, 3.63) is 71.2 Å². The van der Waals surface area contributed by atoms with E-state index in [4.69, 9.17) is 4.98 Å². The van der Waals surface area contributed by atoms with Gasteiger partial charge in [-0.05, 0) is 24.1 Å². The van der Waals surface area contributed by atoms with Gasteiger partial charge in [0.25, 0.3) is 0 Å². The lowest BCUT2D eigenvalue weighted by Crippen LogP contribution is -1.98. The highest BCUT2D eigenvalue weighted by molar-refractivity contribution is 7.14. The zero-order valence-corrected chi connectivity index (χ0v) is 13.7. The number of hydrogen-bond acceptors (Lipinski definition) is 3. The molecule has 3 nitrogen and oxygen atoms in total. The van der Waals surface area contributed by atoms with E-state index in [2.05, 4.69) is 65.1 Å². The van der Waals surface area contributed by atoms with E-state index in [0.717, 1.165) is 28.5 Å². The van der Waals surface area contributed by atoms with Gasteiger partial charge in [0.05, 0.1) is 5.69 Å². The third-order valence-electron chi connectivity index (χ3n) is 3.90. The number of rotatable bonds is 4. The van der Waals surface area contributed by atoms with E-state index < -0.39 is 0 Å². The Morgan fingerprint density at radius 3 is 2.87 bits per heavy atom. The predicted octanol–water partition coefficient (Wildman–Crippen LogP) is 5.21. The fourth-order valence-corrected chi connectivity index (χ4v) is 3.41. The van der Waals surface area contributed by atoms with Gasteiger partial charge in [-0.25, -0.2) is 4.98 Å². The van der Waals surface area contributed by atoms with Crippen molar-refractivity contribution in [2.24, 2.45) is 0 Å². The summed E-state index contributed by atoms with van der Waals surface area (Å²) in [7, 11) is 0. The molecule has 0 amide bonds. The summed E-state index contributed by atoms with van der Waals surface area (Å²) in [5.74, 6) is 0. The average molecular weight is 319 g/mol. The fraction of sp³-hybridized carbons (Fsp3) is 0.105. The number of aromatic amines is 1. The van der Waals surface area contributed by atoms with Crippen molar-refractivity contribution in [3.8, 4) is 11.3 Å². The minimum absolute atomic E-state index is 0.793. The molecule has 0 spiro atoms. The number of aromatic nitrogens is 2. The van der Waals surface area contributed by atoms with Crippen LogP contribution in [0.5, 0.6) is 0 Å². The van der Waals surface area contributed by atoms with Crippen LogP contribution in [0.15, 0.2) is 60.1 Å². The smallest absolute Gasteiger partial charge is 0.183 e. The topological polar surface area (TPSA) is 40.7 Å². The number of nitrogens with zero attached hydrogens (tertiary/aromatic N) is 1. The van der Waals surface area contributed by atoms with Gasteiger partial charge in [0, 0.05) is 34.6 Å². The number of aryl methyl sites for hydroxylation is 1. The Labute approximate surface area is 139 Å². The average Bonchev–Trinajstić information content (AvgIpc) is 3.20. The molecule has 2 aromatic carbocycles. The van der Waals surface area contributed by atoms with Crippen LogP contribution < -0.4 is 5.32 Å². The minimum Gasteiger partial charge on any atom is -0.360 e. The van der Waals surface area contributed by atoms with Gasteiger partial charge in [-0.2, -0.15) is 0 Å². The van der Waals surface area contributed by atoms with Crippen LogP contribution in [0.2, 0.25) is 0 Å². The SMILES string of the molecule is Cc1ccc2c(-c3csc(NCc4ccccc4)n3)c[nH]c2c1. The van der Waals surface area contributed by atoms with Gasteiger partial charge in [0.1, 0.15) is 0 Å². The molecule has 2 heterocycles. The molecule has 2 aromatic heterocycles. The first-order valence-electron chi connectivity index (χ1n) is 7.61. The molecule has 4 aromatic rings. The Morgan fingerprint density at radius 1 is 1.13 bits per heavy atom. The van der Waals surface area contributed by atoms with Gasteiger partial charge in [-0.3, -0.25) is 0 Å². The van der Waals surface area contributed by atoms with Crippen molar-refractivity contribution in [2.75, 3.05) is 5.32 Å². The maximum atomic E-state index is 4.73. The highest BCUT2D eigenvalue weighted by Gasteiger charge is 2.10. The van der Waals surface area contributed by atoms with E-state index in [1.54, 1.807) is 11.3 Å². The maximum absolute atomic E-state index is 4.73. The number of fused-ring (bicyclic) bond motifs is 1. The van der Waals surface area contributed by atoms with Crippen LogP contribution in [0.25, 0.3) is 22.2 Å². The Bertz CT molecular complexity index is 938. The van der Waals surface area contributed by atoms with Gasteiger partial charge in [-0.15, -0.1) is 11.3 Å². The molecule has 114 valence electrons. The summed E-state index contributed by atoms with van der Waals surface area (Å²) in [6, 6.07) is 16.8. The summed E-state index contributed by atoms with van der Waals surface area (Å²) in [4.78, 5) is 8.07. The molecule has 23 heavy (non-hydrogen) atoms. The number of hydrogen-bond donors (Lipinski definition) is 2. The van der Waals surface area contributed by atoms with Gasteiger partial charge < -0.3 is 10.3 Å². The van der Waals surface area contributed by atoms with Crippen LogP contribution in [0.4, 0.5) is 5.13 Å². The van der Waals surface area contributed by atoms with E-state index in [9.17, 15) is 0 Å². The normalized spacial score (nSPS) is 11.0. The van der Waals surface area contributed by atoms with Crippen LogP contribution in [-0.4, -0.2) is 9.97 Å². The molecular weight excluding hydrogens is 302 g/mol. The Hall–Kier alpha value is -2.59. The largest absolute Gasteiger partial charge is 0.360 e. The highest BCUT2D eigenvalue weighted by atomic mass is 32.1. The molecule has 0 radical (unpaired) electrons. The number of benzene rings is 2. The first kappa shape index (κ1) is 14.0. The molecule has 0 aliphatic rings. The second kappa shape index (κ2) is 5.89. The monoisotopic (exact) mass is 319 g/mol. The van der Waals surface area contributed by atoms with Crippen molar-refractivity contribution in [2.45, 2.75) is 13.5 Å². The van der Waals surface area contributed by atoms with Crippen LogP contribution in [-0.2, 0) is 6.54 Å². The van der Waals surface area contributed by atoms with Crippen molar-refractivity contribution in [3.63, 3.8) is 0 Å². The number of anilines is 1. The molecule has 4 heteroatoms. The molecule has 0 aliphatic carbocycles. The zero-order valence-electron chi connectivity index (χ0n) is 12.8. The number of nitrogens with one attached hydrogen (secondary N) is 2. The first-order chi connectivity index (χ1) is 11.3. The molecule has 0 saturated carbocycles. The number of H-pyrrole nitrogens is 1. The summed E-state index contributed by atoms with van der Waals surface area (Å²) in [6.45, 7) is 2.90. The lowest BCUT2D eigenvalue weighted by atomic mass is 10.1. The van der Waals surface area contributed by atoms with E-state index in [0.29, 0.717) is 0 Å². The fourth-order valence-electron chi connectivity index (χ4n) is 2.70. The molecular formula is C19H17N3S. The van der Waals surface area contributed by atoms with Crippen molar-refractivity contribution in [1.29, 1.82) is 0 Å². The molecule has 0 bridgehead atoms. The first-order valence-corrected chi connectivity index (χ1v) is 8.49. The Kier molecular flexibility index (Phi) is 3.60. The van der Waals surface area contributed by atoms with Crippen LogP contribution in [0.3, 0.4) is 0 Å². The summed E-state index contributed by atoms with van der Waals surface area (Å²) in [5, 5.41) is 7.67. The summed E-state index contributed by atoms with van der Waals surface area (Å²) < 4.78 is 0. The molecule has 0 atom stereocenters. The maximum Gasteiger partial charge on any atom is 0.183 e. The van der Waals surface area contributed by atoms with E-state index in [1.807, 2.05) is 12.3 Å². The van der Waals surface area contributed by atoms with E-state index >= 15 is 0 Å². The van der Waals surface area contributed by atoms with Gasteiger partial charge in [0.15, 0.2) is 5.13 Å². The lowest BCUT2D eigenvalue weighted by molar-refractivity contribution is 1.14. The Balaban J connectivity index is 1.57. The quantitative estimate of drug-likeness (QED) is 0.542. The summed E-state index contributed by atoms with van der Waals surface area (Å²) in [5.41, 5.74) is 5.85. The second-order valence-corrected chi connectivity index (χ2v) is 6.49. The summed E-state index contributed by atoms with van der Waals surface area (Å²) >= 11 is 1.64.